The van der Waals surface area contributed by atoms with Gasteiger partial charge in [0.1, 0.15) is 15.7 Å². The largest absolute Gasteiger partial charge is 0.411 e. The summed E-state index contributed by atoms with van der Waals surface area (Å²) < 4.78 is 11.5. The Morgan fingerprint density at radius 3 is 2.67 bits per heavy atom. The van der Waals surface area contributed by atoms with E-state index in [4.69, 9.17) is 19.1 Å². The molecule has 4 aromatic heterocycles. The first-order chi connectivity index (χ1) is 16.3. The van der Waals surface area contributed by atoms with Crippen LogP contribution in [0.5, 0.6) is 0 Å². The van der Waals surface area contributed by atoms with Crippen molar-refractivity contribution < 1.29 is 9.15 Å². The van der Waals surface area contributed by atoms with E-state index in [2.05, 4.69) is 38.0 Å². The molecule has 1 fully saturated rings. The highest BCUT2D eigenvalue weighted by atomic mass is 32.2. The van der Waals surface area contributed by atoms with Gasteiger partial charge in [-0.2, -0.15) is 0 Å². The maximum Gasteiger partial charge on any atom is 0.283 e. The molecule has 33 heavy (non-hydrogen) atoms. The van der Waals surface area contributed by atoms with Crippen molar-refractivity contribution in [1.82, 2.24) is 25.1 Å². The van der Waals surface area contributed by atoms with Gasteiger partial charge in [0.2, 0.25) is 5.89 Å². The summed E-state index contributed by atoms with van der Waals surface area (Å²) in [5, 5.41) is 15.1. The molecule has 0 N–H and O–H groups in total. The van der Waals surface area contributed by atoms with Gasteiger partial charge in [0.15, 0.2) is 0 Å². The van der Waals surface area contributed by atoms with E-state index in [-0.39, 0.29) is 0 Å². The van der Waals surface area contributed by atoms with Crippen LogP contribution in [-0.4, -0.2) is 51.4 Å². The number of aromatic nitrogens is 4. The predicted molar refractivity (Wildman–Crippen MR) is 131 cm³/mol. The molecule has 0 aliphatic carbocycles. The zero-order valence-corrected chi connectivity index (χ0v) is 20.0. The Bertz CT molecular complexity index is 1360. The lowest BCUT2D eigenvalue weighted by molar-refractivity contribution is 0.0330. The number of fused-ring (bicyclic) bond motifs is 1. The van der Waals surface area contributed by atoms with E-state index in [0.717, 1.165) is 58.5 Å². The Morgan fingerprint density at radius 1 is 0.970 bits per heavy atom. The van der Waals surface area contributed by atoms with Gasteiger partial charge in [0, 0.05) is 34.5 Å². The van der Waals surface area contributed by atoms with Crippen LogP contribution in [0.25, 0.3) is 32.1 Å². The summed E-state index contributed by atoms with van der Waals surface area (Å²) in [6, 6.07) is 14.0. The third-order valence-corrected chi connectivity index (χ3v) is 7.92. The molecule has 5 heterocycles. The molecule has 1 aromatic carbocycles. The topological polar surface area (TPSA) is 77.2 Å². The van der Waals surface area contributed by atoms with Gasteiger partial charge in [-0.1, -0.05) is 24.3 Å². The predicted octanol–water partition coefficient (Wildman–Crippen LogP) is 5.45. The fraction of sp³-hybridized carbons (Fsp3) is 0.217. The van der Waals surface area contributed by atoms with Crippen LogP contribution in [0.4, 0.5) is 0 Å². The monoisotopic (exact) mass is 493 g/mol. The van der Waals surface area contributed by atoms with Gasteiger partial charge in [0.05, 0.1) is 25.1 Å². The van der Waals surface area contributed by atoms with E-state index in [1.54, 1.807) is 22.7 Å². The lowest BCUT2D eigenvalue weighted by Crippen LogP contribution is -2.36. The first-order valence-corrected chi connectivity index (χ1v) is 13.1. The lowest BCUT2D eigenvalue weighted by Gasteiger charge is -2.25. The smallest absolute Gasteiger partial charge is 0.283 e. The summed E-state index contributed by atoms with van der Waals surface area (Å²) in [6.07, 6.45) is 0. The first kappa shape index (κ1) is 20.9. The van der Waals surface area contributed by atoms with Crippen LogP contribution in [-0.2, 0) is 11.3 Å². The molecule has 1 saturated heterocycles. The van der Waals surface area contributed by atoms with E-state index < -0.39 is 0 Å². The molecule has 1 aliphatic rings. The van der Waals surface area contributed by atoms with Gasteiger partial charge in [0.25, 0.3) is 5.22 Å². The molecule has 0 radical (unpaired) electrons. The Morgan fingerprint density at radius 2 is 1.85 bits per heavy atom. The van der Waals surface area contributed by atoms with Crippen LogP contribution < -0.4 is 0 Å². The minimum absolute atomic E-state index is 0.467. The third kappa shape index (κ3) is 4.44. The second-order valence-electron chi connectivity index (χ2n) is 7.48. The number of morpholine rings is 1. The van der Waals surface area contributed by atoms with Crippen molar-refractivity contribution in [3.05, 3.63) is 59.0 Å². The van der Waals surface area contributed by atoms with Gasteiger partial charge in [-0.05, 0) is 35.3 Å². The molecule has 0 atom stereocenters. The Hall–Kier alpha value is -2.63. The normalized spacial score (nSPS) is 14.8. The summed E-state index contributed by atoms with van der Waals surface area (Å²) >= 11 is 4.76. The summed E-state index contributed by atoms with van der Waals surface area (Å²) in [4.78, 5) is 14.4. The molecule has 1 aliphatic heterocycles. The van der Waals surface area contributed by atoms with Crippen molar-refractivity contribution in [2.45, 2.75) is 16.8 Å². The Balaban J connectivity index is 1.39. The summed E-state index contributed by atoms with van der Waals surface area (Å²) in [7, 11) is 0. The highest BCUT2D eigenvalue weighted by Crippen LogP contribution is 2.42. The molecule has 7 nitrogen and oxygen atoms in total. The van der Waals surface area contributed by atoms with Gasteiger partial charge < -0.3 is 9.15 Å². The van der Waals surface area contributed by atoms with Crippen molar-refractivity contribution in [2.75, 3.05) is 26.3 Å². The fourth-order valence-corrected chi connectivity index (χ4v) is 6.37. The Labute approximate surface area is 202 Å². The number of ether oxygens (including phenoxy) is 1. The molecular weight excluding hydrogens is 474 g/mol. The average molecular weight is 494 g/mol. The van der Waals surface area contributed by atoms with Gasteiger partial charge in [-0.15, -0.1) is 32.9 Å². The van der Waals surface area contributed by atoms with E-state index >= 15 is 0 Å². The average Bonchev–Trinajstić information content (AvgIpc) is 3.61. The number of hydrogen-bond donors (Lipinski definition) is 0. The zero-order chi connectivity index (χ0) is 22.0. The number of rotatable bonds is 6. The number of nitrogens with zero attached hydrogens (tertiary/aromatic N) is 5. The minimum Gasteiger partial charge on any atom is -0.411 e. The maximum atomic E-state index is 5.98. The van der Waals surface area contributed by atoms with Crippen LogP contribution in [0.3, 0.4) is 0 Å². The van der Waals surface area contributed by atoms with Crippen LogP contribution >= 0.6 is 34.4 Å². The summed E-state index contributed by atoms with van der Waals surface area (Å²) in [5.41, 5.74) is 2.04. The van der Waals surface area contributed by atoms with Crippen molar-refractivity contribution in [1.29, 1.82) is 0 Å². The molecule has 0 saturated carbocycles. The highest BCUT2D eigenvalue weighted by Gasteiger charge is 2.21. The fourth-order valence-electron chi connectivity index (χ4n) is 3.70. The van der Waals surface area contributed by atoms with Crippen molar-refractivity contribution >= 4 is 44.7 Å². The molecule has 166 valence electrons. The number of benzene rings is 1. The van der Waals surface area contributed by atoms with E-state index in [0.29, 0.717) is 17.7 Å². The molecule has 0 spiro atoms. The molecule has 6 rings (SSSR count). The maximum absolute atomic E-state index is 5.98. The van der Waals surface area contributed by atoms with E-state index in [1.807, 2.05) is 30.3 Å². The van der Waals surface area contributed by atoms with Crippen molar-refractivity contribution in [3.8, 4) is 21.9 Å². The van der Waals surface area contributed by atoms with E-state index in [9.17, 15) is 0 Å². The molecule has 0 amide bonds. The molecule has 5 aromatic rings. The van der Waals surface area contributed by atoms with Crippen LogP contribution in [0.1, 0.15) is 5.82 Å². The molecule has 0 unspecified atom stereocenters. The van der Waals surface area contributed by atoms with Crippen molar-refractivity contribution in [3.63, 3.8) is 0 Å². The third-order valence-electron chi connectivity index (χ3n) is 5.31. The Kier molecular flexibility index (Phi) is 5.91. The molecular formula is C23H19N5O2S3. The summed E-state index contributed by atoms with van der Waals surface area (Å²) in [5.74, 6) is 1.30. The van der Waals surface area contributed by atoms with Crippen LogP contribution in [0, 0.1) is 0 Å². The number of hydrogen-bond acceptors (Lipinski definition) is 10. The molecule has 10 heteroatoms. The van der Waals surface area contributed by atoms with Crippen molar-refractivity contribution in [2.24, 2.45) is 0 Å². The lowest BCUT2D eigenvalue weighted by atomic mass is 10.2. The quantitative estimate of drug-likeness (QED) is 0.289. The highest BCUT2D eigenvalue weighted by molar-refractivity contribution is 7.99. The van der Waals surface area contributed by atoms with Crippen LogP contribution in [0.15, 0.2) is 67.9 Å². The van der Waals surface area contributed by atoms with Gasteiger partial charge in [-0.3, -0.25) is 4.90 Å². The molecule has 0 bridgehead atoms. The summed E-state index contributed by atoms with van der Waals surface area (Å²) in [6.45, 7) is 3.96. The van der Waals surface area contributed by atoms with Crippen LogP contribution in [0.2, 0.25) is 0 Å². The van der Waals surface area contributed by atoms with Gasteiger partial charge in [-0.25, -0.2) is 9.97 Å². The second-order valence-corrected chi connectivity index (χ2v) is 10.2. The first-order valence-electron chi connectivity index (χ1n) is 10.5. The SMILES string of the molecule is c1ccc(-c2nnc(Sc3nc(CN4CCOCC4)nc4scc(-c5cccs5)c34)o2)cc1. The second kappa shape index (κ2) is 9.32. The zero-order valence-electron chi connectivity index (χ0n) is 17.5. The van der Waals surface area contributed by atoms with E-state index in [1.165, 1.54) is 16.6 Å². The van der Waals surface area contributed by atoms with Gasteiger partial charge >= 0.3 is 0 Å². The standard InChI is InChI=1S/C23H19N5O2S3/c1-2-5-15(6-3-1)20-26-27-23(30-20)33-22-19-16(17-7-4-12-31-17)14-32-21(19)24-18(25-22)13-28-8-10-29-11-9-28/h1-7,12,14H,8-11,13H2. The number of thiophene rings is 2. The minimum atomic E-state index is 0.467.